The lowest BCUT2D eigenvalue weighted by Crippen LogP contribution is -2.45. The number of nitrogens with zero attached hydrogens (tertiary/aromatic N) is 1. The first-order valence-electron chi connectivity index (χ1n) is 7.54. The molecule has 1 heterocycles. The van der Waals surface area contributed by atoms with Gasteiger partial charge in [0.15, 0.2) is 0 Å². The first kappa shape index (κ1) is 16.7. The molecule has 2 rings (SSSR count). The number of rotatable bonds is 5. The van der Waals surface area contributed by atoms with E-state index in [4.69, 9.17) is 11.6 Å². The molecule has 120 valence electrons. The highest BCUT2D eigenvalue weighted by atomic mass is 35.5. The fourth-order valence-electron chi connectivity index (χ4n) is 2.65. The van der Waals surface area contributed by atoms with Crippen molar-refractivity contribution in [1.29, 1.82) is 0 Å². The Morgan fingerprint density at radius 2 is 2.23 bits per heavy atom. The number of benzene rings is 1. The molecular formula is C16H20ClFN2O2. The number of carbonyl (C=O) groups excluding carboxylic acids is 2. The molecule has 0 saturated carbocycles. The summed E-state index contributed by atoms with van der Waals surface area (Å²) < 4.78 is 13.1. The molecule has 0 unspecified atom stereocenters. The molecule has 1 aromatic carbocycles. The molecule has 0 spiro atoms. The molecule has 1 fully saturated rings. The van der Waals surface area contributed by atoms with Crippen molar-refractivity contribution in [3.8, 4) is 0 Å². The van der Waals surface area contributed by atoms with Crippen molar-refractivity contribution in [1.82, 2.24) is 10.2 Å². The minimum atomic E-state index is -0.483. The highest BCUT2D eigenvalue weighted by molar-refractivity contribution is 6.30. The van der Waals surface area contributed by atoms with Crippen molar-refractivity contribution in [2.24, 2.45) is 0 Å². The Labute approximate surface area is 134 Å². The second kappa shape index (κ2) is 7.58. The molecule has 6 heteroatoms. The fraction of sp³-hybridized carbons (Fsp3) is 0.500. The van der Waals surface area contributed by atoms with Gasteiger partial charge in [0.05, 0.1) is 5.02 Å². The van der Waals surface area contributed by atoms with Crippen LogP contribution in [-0.2, 0) is 16.1 Å². The van der Waals surface area contributed by atoms with Gasteiger partial charge < -0.3 is 10.2 Å². The highest BCUT2D eigenvalue weighted by Crippen LogP contribution is 2.20. The normalized spacial score (nSPS) is 17.6. The van der Waals surface area contributed by atoms with Crippen molar-refractivity contribution in [3.05, 3.63) is 34.6 Å². The highest BCUT2D eigenvalue weighted by Gasteiger charge is 2.33. The molecule has 1 N–H and O–H groups in total. The SMILES string of the molecule is CCCC(=O)N1CCC[C@H]1C(=O)NCc1ccc(F)c(Cl)c1. The lowest BCUT2D eigenvalue weighted by Gasteiger charge is -2.24. The first-order chi connectivity index (χ1) is 10.5. The van der Waals surface area contributed by atoms with Crippen molar-refractivity contribution in [2.45, 2.75) is 45.2 Å². The molecule has 1 atom stereocenters. The topological polar surface area (TPSA) is 49.4 Å². The van der Waals surface area contributed by atoms with Gasteiger partial charge in [0.2, 0.25) is 11.8 Å². The monoisotopic (exact) mass is 326 g/mol. The van der Waals surface area contributed by atoms with E-state index in [0.717, 1.165) is 18.4 Å². The van der Waals surface area contributed by atoms with E-state index >= 15 is 0 Å². The third kappa shape index (κ3) is 3.97. The van der Waals surface area contributed by atoms with Gasteiger partial charge >= 0.3 is 0 Å². The summed E-state index contributed by atoms with van der Waals surface area (Å²) in [4.78, 5) is 25.9. The van der Waals surface area contributed by atoms with E-state index in [9.17, 15) is 14.0 Å². The molecule has 22 heavy (non-hydrogen) atoms. The van der Waals surface area contributed by atoms with Crippen LogP contribution in [0.1, 0.15) is 38.2 Å². The van der Waals surface area contributed by atoms with Gasteiger partial charge in [0.25, 0.3) is 0 Å². The summed E-state index contributed by atoms with van der Waals surface area (Å²) in [5.74, 6) is -0.615. The Kier molecular flexibility index (Phi) is 5.77. The van der Waals surface area contributed by atoms with Gasteiger partial charge in [-0.3, -0.25) is 9.59 Å². The van der Waals surface area contributed by atoms with Crippen LogP contribution in [0.2, 0.25) is 5.02 Å². The van der Waals surface area contributed by atoms with Gasteiger partial charge in [-0.25, -0.2) is 4.39 Å². The number of hydrogen-bond donors (Lipinski definition) is 1. The Balaban J connectivity index is 1.93. The quantitative estimate of drug-likeness (QED) is 0.904. The van der Waals surface area contributed by atoms with Crippen molar-refractivity contribution < 1.29 is 14.0 Å². The van der Waals surface area contributed by atoms with E-state index in [0.29, 0.717) is 19.4 Å². The molecular weight excluding hydrogens is 307 g/mol. The summed E-state index contributed by atoms with van der Waals surface area (Å²) in [6, 6.07) is 3.95. The van der Waals surface area contributed by atoms with E-state index in [1.54, 1.807) is 11.0 Å². The number of nitrogens with one attached hydrogen (secondary N) is 1. The van der Waals surface area contributed by atoms with Crippen LogP contribution >= 0.6 is 11.6 Å². The Hall–Kier alpha value is -1.62. The Bertz CT molecular complexity index is 565. The summed E-state index contributed by atoms with van der Waals surface area (Å²) in [6.07, 6.45) is 2.77. The van der Waals surface area contributed by atoms with Crippen molar-refractivity contribution >= 4 is 23.4 Å². The van der Waals surface area contributed by atoms with Crippen molar-refractivity contribution in [3.63, 3.8) is 0 Å². The van der Waals surface area contributed by atoms with Gasteiger partial charge in [-0.1, -0.05) is 24.6 Å². The lowest BCUT2D eigenvalue weighted by molar-refractivity contribution is -0.138. The number of carbonyl (C=O) groups is 2. The molecule has 0 aliphatic carbocycles. The predicted octanol–water partition coefficient (Wildman–Crippen LogP) is 2.89. The predicted molar refractivity (Wildman–Crippen MR) is 82.9 cm³/mol. The third-order valence-corrected chi connectivity index (χ3v) is 4.08. The standard InChI is InChI=1S/C16H20ClFN2O2/c1-2-4-15(21)20-8-3-5-14(20)16(22)19-10-11-6-7-13(18)12(17)9-11/h6-7,9,14H,2-5,8,10H2,1H3,(H,19,22)/t14-/m0/s1. The Morgan fingerprint density at radius 1 is 1.45 bits per heavy atom. The zero-order valence-electron chi connectivity index (χ0n) is 12.6. The summed E-state index contributed by atoms with van der Waals surface area (Å²) >= 11 is 5.72. The molecule has 0 radical (unpaired) electrons. The lowest BCUT2D eigenvalue weighted by atomic mass is 10.1. The summed E-state index contributed by atoms with van der Waals surface area (Å²) in [6.45, 7) is 2.85. The molecule has 0 aromatic heterocycles. The van der Waals surface area contributed by atoms with E-state index < -0.39 is 11.9 Å². The largest absolute Gasteiger partial charge is 0.350 e. The third-order valence-electron chi connectivity index (χ3n) is 3.79. The molecule has 2 amide bonds. The maximum atomic E-state index is 13.1. The van der Waals surface area contributed by atoms with Gasteiger partial charge in [-0.15, -0.1) is 0 Å². The van der Waals surface area contributed by atoms with Crippen LogP contribution < -0.4 is 5.32 Å². The van der Waals surface area contributed by atoms with Crippen LogP contribution in [0.3, 0.4) is 0 Å². The fourth-order valence-corrected chi connectivity index (χ4v) is 2.85. The van der Waals surface area contributed by atoms with Crippen LogP contribution in [0.4, 0.5) is 4.39 Å². The van der Waals surface area contributed by atoms with Crippen LogP contribution in [-0.4, -0.2) is 29.3 Å². The number of halogens is 2. The average molecular weight is 327 g/mol. The van der Waals surface area contributed by atoms with Gasteiger partial charge in [0, 0.05) is 19.5 Å². The number of likely N-dealkylation sites (tertiary alicyclic amines) is 1. The minimum Gasteiger partial charge on any atom is -0.350 e. The molecule has 1 aliphatic rings. The summed E-state index contributed by atoms with van der Waals surface area (Å²) in [7, 11) is 0. The molecule has 4 nitrogen and oxygen atoms in total. The van der Waals surface area contributed by atoms with Gasteiger partial charge in [0.1, 0.15) is 11.9 Å². The number of amides is 2. The second-order valence-corrected chi connectivity index (χ2v) is 5.87. The van der Waals surface area contributed by atoms with Crippen LogP contribution in [0.5, 0.6) is 0 Å². The van der Waals surface area contributed by atoms with Crippen LogP contribution in [0.25, 0.3) is 0 Å². The van der Waals surface area contributed by atoms with E-state index in [1.807, 2.05) is 6.92 Å². The van der Waals surface area contributed by atoms with E-state index in [1.165, 1.54) is 12.1 Å². The molecule has 1 saturated heterocycles. The summed E-state index contributed by atoms with van der Waals surface area (Å²) in [5.41, 5.74) is 0.726. The maximum Gasteiger partial charge on any atom is 0.243 e. The number of hydrogen-bond acceptors (Lipinski definition) is 2. The van der Waals surface area contributed by atoms with Crippen molar-refractivity contribution in [2.75, 3.05) is 6.54 Å². The van der Waals surface area contributed by atoms with Gasteiger partial charge in [-0.2, -0.15) is 0 Å². The van der Waals surface area contributed by atoms with Crippen LogP contribution in [0, 0.1) is 5.82 Å². The smallest absolute Gasteiger partial charge is 0.243 e. The second-order valence-electron chi connectivity index (χ2n) is 5.46. The first-order valence-corrected chi connectivity index (χ1v) is 7.91. The molecule has 0 bridgehead atoms. The average Bonchev–Trinajstić information content (AvgIpc) is 2.98. The Morgan fingerprint density at radius 3 is 2.91 bits per heavy atom. The minimum absolute atomic E-state index is 0.0324. The summed E-state index contributed by atoms with van der Waals surface area (Å²) in [5, 5.41) is 2.84. The zero-order valence-corrected chi connectivity index (χ0v) is 13.3. The van der Waals surface area contributed by atoms with E-state index in [-0.39, 0.29) is 23.4 Å². The van der Waals surface area contributed by atoms with E-state index in [2.05, 4.69) is 5.32 Å². The molecule has 1 aromatic rings. The zero-order chi connectivity index (χ0) is 16.1. The molecule has 1 aliphatic heterocycles. The van der Waals surface area contributed by atoms with Gasteiger partial charge in [-0.05, 0) is 37.0 Å². The maximum absolute atomic E-state index is 13.1. The van der Waals surface area contributed by atoms with Crippen LogP contribution in [0.15, 0.2) is 18.2 Å².